The Kier molecular flexibility index (Phi) is 4.46. The molecule has 1 saturated carbocycles. The van der Waals surface area contributed by atoms with Crippen molar-refractivity contribution in [3.8, 4) is 6.07 Å². The van der Waals surface area contributed by atoms with E-state index in [1.54, 1.807) is 12.1 Å². The van der Waals surface area contributed by atoms with E-state index >= 15 is 0 Å². The summed E-state index contributed by atoms with van der Waals surface area (Å²) >= 11 is 0. The molecule has 0 atom stereocenters. The van der Waals surface area contributed by atoms with Crippen LogP contribution in [0, 0.1) is 17.2 Å². The lowest BCUT2D eigenvalue weighted by molar-refractivity contribution is -0.137. The molecule has 1 aliphatic rings. The molecule has 0 spiro atoms. The van der Waals surface area contributed by atoms with Crippen LogP contribution in [0.1, 0.15) is 43.7 Å². The first-order valence-corrected chi connectivity index (χ1v) is 7.17. The normalized spacial score (nSPS) is 22.7. The van der Waals surface area contributed by atoms with E-state index < -0.39 is 11.7 Å². The highest BCUT2D eigenvalue weighted by Gasteiger charge is 2.34. The van der Waals surface area contributed by atoms with Crippen molar-refractivity contribution in [2.75, 3.05) is 11.9 Å². The first-order chi connectivity index (χ1) is 9.82. The van der Waals surface area contributed by atoms with Gasteiger partial charge in [-0.05, 0) is 49.8 Å². The Labute approximate surface area is 123 Å². The first kappa shape index (κ1) is 15.7. The van der Waals surface area contributed by atoms with Gasteiger partial charge in [-0.15, -0.1) is 0 Å². The molecule has 0 amide bonds. The Bertz CT molecular complexity index is 537. The number of alkyl halides is 3. The zero-order valence-electron chi connectivity index (χ0n) is 12.2. The highest BCUT2D eigenvalue weighted by atomic mass is 19.4. The maximum atomic E-state index is 13.0. The van der Waals surface area contributed by atoms with E-state index in [2.05, 4.69) is 6.92 Å². The fraction of sp³-hybridized carbons (Fsp3) is 0.562. The van der Waals surface area contributed by atoms with Gasteiger partial charge in [0, 0.05) is 18.8 Å². The van der Waals surface area contributed by atoms with Gasteiger partial charge in [-0.25, -0.2) is 0 Å². The fourth-order valence-electron chi connectivity index (χ4n) is 2.92. The average molecular weight is 296 g/mol. The first-order valence-electron chi connectivity index (χ1n) is 7.17. The summed E-state index contributed by atoms with van der Waals surface area (Å²) in [5.41, 5.74) is -0.642. The number of hydrogen-bond acceptors (Lipinski definition) is 2. The summed E-state index contributed by atoms with van der Waals surface area (Å²) in [6, 6.07) is 5.85. The molecule has 114 valence electrons. The van der Waals surface area contributed by atoms with E-state index in [1.165, 1.54) is 6.07 Å². The smallest absolute Gasteiger partial charge is 0.372 e. The molecule has 0 N–H and O–H groups in total. The number of anilines is 1. The lowest BCUT2D eigenvalue weighted by Crippen LogP contribution is -2.35. The molecule has 21 heavy (non-hydrogen) atoms. The Morgan fingerprint density at radius 2 is 1.81 bits per heavy atom. The molecule has 2 nitrogen and oxygen atoms in total. The third kappa shape index (κ3) is 3.49. The van der Waals surface area contributed by atoms with Crippen LogP contribution >= 0.6 is 0 Å². The third-order valence-corrected chi connectivity index (χ3v) is 4.37. The van der Waals surface area contributed by atoms with Crippen LogP contribution in [0.2, 0.25) is 0 Å². The van der Waals surface area contributed by atoms with Crippen LogP contribution in [0.5, 0.6) is 0 Å². The summed E-state index contributed by atoms with van der Waals surface area (Å²) < 4.78 is 39.0. The number of rotatable bonds is 2. The molecule has 0 saturated heterocycles. The standard InChI is InChI=1S/C16H19F3N2/c1-11-3-6-13(7-4-11)21(2)14-8-5-12(10-20)15(9-14)16(17,18)19/h5,8-9,11,13H,3-4,6-7H2,1-2H3. The van der Waals surface area contributed by atoms with Gasteiger partial charge >= 0.3 is 6.18 Å². The topological polar surface area (TPSA) is 27.0 Å². The quantitative estimate of drug-likeness (QED) is 0.798. The van der Waals surface area contributed by atoms with Crippen molar-refractivity contribution in [3.63, 3.8) is 0 Å². The van der Waals surface area contributed by atoms with Crippen LogP contribution in [-0.2, 0) is 6.18 Å². The third-order valence-electron chi connectivity index (χ3n) is 4.37. The van der Waals surface area contributed by atoms with Gasteiger partial charge in [-0.1, -0.05) is 6.92 Å². The highest BCUT2D eigenvalue weighted by molar-refractivity contribution is 5.55. The van der Waals surface area contributed by atoms with Gasteiger partial charge in [0.2, 0.25) is 0 Å². The summed E-state index contributed by atoms with van der Waals surface area (Å²) in [6.45, 7) is 2.21. The summed E-state index contributed by atoms with van der Waals surface area (Å²) in [6.07, 6.45) is -0.282. The monoisotopic (exact) mass is 296 g/mol. The van der Waals surface area contributed by atoms with Crippen LogP contribution in [0.3, 0.4) is 0 Å². The van der Waals surface area contributed by atoms with E-state index in [0.717, 1.165) is 31.7 Å². The van der Waals surface area contributed by atoms with Crippen LogP contribution in [-0.4, -0.2) is 13.1 Å². The predicted octanol–water partition coefficient (Wildman–Crippen LogP) is 4.59. The Morgan fingerprint density at radius 3 is 2.33 bits per heavy atom. The van der Waals surface area contributed by atoms with Gasteiger partial charge in [0.1, 0.15) is 0 Å². The van der Waals surface area contributed by atoms with Crippen molar-refractivity contribution in [3.05, 3.63) is 29.3 Å². The van der Waals surface area contributed by atoms with E-state index in [4.69, 9.17) is 5.26 Å². The number of nitriles is 1. The molecule has 0 aromatic heterocycles. The lowest BCUT2D eigenvalue weighted by Gasteiger charge is -2.35. The summed E-state index contributed by atoms with van der Waals surface area (Å²) in [5, 5.41) is 8.83. The Hall–Kier alpha value is -1.70. The van der Waals surface area contributed by atoms with Crippen molar-refractivity contribution in [1.29, 1.82) is 5.26 Å². The molecule has 0 heterocycles. The molecule has 0 radical (unpaired) electrons. The number of benzene rings is 1. The van der Waals surface area contributed by atoms with E-state index in [9.17, 15) is 13.2 Å². The molecular formula is C16H19F3N2. The van der Waals surface area contributed by atoms with E-state index in [1.807, 2.05) is 11.9 Å². The Morgan fingerprint density at radius 1 is 1.19 bits per heavy atom. The SMILES string of the molecule is CC1CCC(N(C)c2ccc(C#N)c(C(F)(F)F)c2)CC1. The molecule has 1 aromatic carbocycles. The predicted molar refractivity (Wildman–Crippen MR) is 76.0 cm³/mol. The van der Waals surface area contributed by atoms with Crippen molar-refractivity contribution in [2.24, 2.45) is 5.92 Å². The maximum absolute atomic E-state index is 13.0. The minimum Gasteiger partial charge on any atom is -0.372 e. The molecule has 5 heteroatoms. The number of hydrogen-bond donors (Lipinski definition) is 0. The van der Waals surface area contributed by atoms with Crippen LogP contribution in [0.15, 0.2) is 18.2 Å². The molecule has 1 aliphatic carbocycles. The molecule has 0 aliphatic heterocycles. The second-order valence-electron chi connectivity index (χ2n) is 5.86. The van der Waals surface area contributed by atoms with Crippen LogP contribution < -0.4 is 4.90 Å². The van der Waals surface area contributed by atoms with E-state index in [0.29, 0.717) is 11.6 Å². The van der Waals surface area contributed by atoms with E-state index in [-0.39, 0.29) is 11.6 Å². The lowest BCUT2D eigenvalue weighted by atomic mass is 9.86. The zero-order chi connectivity index (χ0) is 15.6. The highest BCUT2D eigenvalue weighted by Crippen LogP contribution is 2.36. The summed E-state index contributed by atoms with van der Waals surface area (Å²) in [4.78, 5) is 1.92. The molecule has 1 fully saturated rings. The van der Waals surface area contributed by atoms with Gasteiger partial charge in [0.25, 0.3) is 0 Å². The van der Waals surface area contributed by atoms with Crippen LogP contribution in [0.4, 0.5) is 18.9 Å². The maximum Gasteiger partial charge on any atom is 0.417 e. The zero-order valence-corrected chi connectivity index (χ0v) is 12.2. The molecule has 2 rings (SSSR count). The second kappa shape index (κ2) is 5.97. The largest absolute Gasteiger partial charge is 0.417 e. The number of halogens is 3. The van der Waals surface area contributed by atoms with Crippen LogP contribution in [0.25, 0.3) is 0 Å². The summed E-state index contributed by atoms with van der Waals surface area (Å²) in [5.74, 6) is 0.696. The fourth-order valence-corrected chi connectivity index (χ4v) is 2.92. The van der Waals surface area contributed by atoms with Gasteiger partial charge in [0.15, 0.2) is 0 Å². The Balaban J connectivity index is 2.26. The molecule has 0 unspecified atom stereocenters. The minimum atomic E-state index is -4.50. The van der Waals surface area contributed by atoms with Gasteiger partial charge in [0.05, 0.1) is 17.2 Å². The molecule has 0 bridgehead atoms. The van der Waals surface area contributed by atoms with Crippen molar-refractivity contribution in [1.82, 2.24) is 0 Å². The van der Waals surface area contributed by atoms with Crippen molar-refractivity contribution < 1.29 is 13.2 Å². The molecule has 1 aromatic rings. The minimum absolute atomic E-state index is 0.273. The second-order valence-corrected chi connectivity index (χ2v) is 5.86. The average Bonchev–Trinajstić information content (AvgIpc) is 2.45. The van der Waals surface area contributed by atoms with Crippen molar-refractivity contribution >= 4 is 5.69 Å². The molecular weight excluding hydrogens is 277 g/mol. The van der Waals surface area contributed by atoms with Crippen molar-refractivity contribution in [2.45, 2.75) is 44.8 Å². The summed E-state index contributed by atoms with van der Waals surface area (Å²) in [7, 11) is 1.84. The van der Waals surface area contributed by atoms with Gasteiger partial charge < -0.3 is 4.90 Å². The number of nitrogens with zero attached hydrogens (tertiary/aromatic N) is 2. The van der Waals surface area contributed by atoms with Gasteiger partial charge in [-0.3, -0.25) is 0 Å². The van der Waals surface area contributed by atoms with Gasteiger partial charge in [-0.2, -0.15) is 18.4 Å².